The van der Waals surface area contributed by atoms with Crippen molar-refractivity contribution in [2.75, 3.05) is 29.6 Å². The Bertz CT molecular complexity index is 1320. The van der Waals surface area contributed by atoms with Crippen molar-refractivity contribution in [1.82, 2.24) is 10.2 Å². The van der Waals surface area contributed by atoms with Crippen LogP contribution in [0.4, 0.5) is 29.5 Å². The van der Waals surface area contributed by atoms with Crippen LogP contribution in [-0.4, -0.2) is 51.4 Å². The van der Waals surface area contributed by atoms with Crippen LogP contribution in [0.3, 0.4) is 0 Å². The van der Waals surface area contributed by atoms with Gasteiger partial charge in [0.25, 0.3) is 5.91 Å². The molecule has 1 aromatic heterocycles. The van der Waals surface area contributed by atoms with Gasteiger partial charge in [0.05, 0.1) is 15.3 Å². The number of carbonyl (C=O) groups excluding carboxylic acids is 2. The maximum absolute atomic E-state index is 13.6. The van der Waals surface area contributed by atoms with Crippen LogP contribution in [0, 0.1) is 6.92 Å². The SMILES string of the molecule is Cc1c(C(F)(F)F)nnc(N2CCCCCC2)c1C(=O)Nc1cccc([S@@](C)(=O)=NC(=O)OC(C)(C)C)c1. The zero-order valence-corrected chi connectivity index (χ0v) is 22.8. The number of alkyl halides is 3. The van der Waals surface area contributed by atoms with Gasteiger partial charge in [-0.15, -0.1) is 14.6 Å². The highest BCUT2D eigenvalue weighted by molar-refractivity contribution is 7.93. The molecule has 0 aliphatic carbocycles. The van der Waals surface area contributed by atoms with Crippen molar-refractivity contribution < 1.29 is 31.7 Å². The molecule has 0 bridgehead atoms. The number of aromatic nitrogens is 2. The van der Waals surface area contributed by atoms with Crippen molar-refractivity contribution >= 4 is 33.2 Å². The predicted octanol–water partition coefficient (Wildman–Crippen LogP) is 5.83. The summed E-state index contributed by atoms with van der Waals surface area (Å²) in [5.74, 6) is -0.726. The smallest absolute Gasteiger partial charge is 0.442 e. The number of anilines is 2. The lowest BCUT2D eigenvalue weighted by molar-refractivity contribution is -0.142. The van der Waals surface area contributed by atoms with Gasteiger partial charge in [-0.2, -0.15) is 13.2 Å². The Hall–Kier alpha value is -3.22. The van der Waals surface area contributed by atoms with Gasteiger partial charge in [0, 0.05) is 29.9 Å². The molecular weight excluding hydrogens is 523 g/mol. The monoisotopic (exact) mass is 555 g/mol. The number of ether oxygens (including phenoxy) is 1. The molecule has 0 saturated carbocycles. The largest absolute Gasteiger partial charge is 0.442 e. The van der Waals surface area contributed by atoms with E-state index >= 15 is 0 Å². The van der Waals surface area contributed by atoms with Crippen LogP contribution in [0.15, 0.2) is 33.5 Å². The third-order valence-corrected chi connectivity index (χ3v) is 7.40. The molecule has 2 amide bonds. The molecule has 0 spiro atoms. The Labute approximate surface area is 220 Å². The van der Waals surface area contributed by atoms with E-state index < -0.39 is 39.2 Å². The van der Waals surface area contributed by atoms with Crippen molar-refractivity contribution in [3.63, 3.8) is 0 Å². The van der Waals surface area contributed by atoms with E-state index in [-0.39, 0.29) is 27.5 Å². The summed E-state index contributed by atoms with van der Waals surface area (Å²) < 4.78 is 62.8. The summed E-state index contributed by atoms with van der Waals surface area (Å²) in [7, 11) is -3.25. The Morgan fingerprint density at radius 1 is 1.08 bits per heavy atom. The lowest BCUT2D eigenvalue weighted by atomic mass is 10.1. The van der Waals surface area contributed by atoms with Crippen LogP contribution in [-0.2, 0) is 20.6 Å². The fourth-order valence-corrected chi connectivity index (χ4v) is 5.14. The number of rotatable bonds is 4. The molecule has 1 fully saturated rings. The number of benzene rings is 1. The van der Waals surface area contributed by atoms with E-state index in [1.807, 2.05) is 0 Å². The second-order valence-electron chi connectivity index (χ2n) is 10.1. The molecule has 2 aromatic rings. The zero-order valence-electron chi connectivity index (χ0n) is 22.0. The summed E-state index contributed by atoms with van der Waals surface area (Å²) in [6.45, 7) is 7.22. The van der Waals surface area contributed by atoms with E-state index in [9.17, 15) is 27.0 Å². The third kappa shape index (κ3) is 7.42. The minimum Gasteiger partial charge on any atom is -0.442 e. The minimum atomic E-state index is -4.79. The average molecular weight is 556 g/mol. The molecule has 1 saturated heterocycles. The molecule has 9 nitrogen and oxygen atoms in total. The predicted molar refractivity (Wildman–Crippen MR) is 138 cm³/mol. The highest BCUT2D eigenvalue weighted by Crippen LogP contribution is 2.34. The van der Waals surface area contributed by atoms with E-state index in [0.717, 1.165) is 25.7 Å². The maximum atomic E-state index is 13.6. The van der Waals surface area contributed by atoms with Gasteiger partial charge in [0.2, 0.25) is 0 Å². The standard InChI is InChI=1S/C25H32F3N5O4S/c1-16-19(21(31-30-20(16)25(26,27)28)33-13-8-6-7-9-14-33)22(34)29-17-11-10-12-18(15-17)38(5,36)32-23(35)37-24(2,3)4/h10-12,15H,6-9,13-14H2,1-5H3,(H,29,34)/t38-/m1/s1. The number of carbonyl (C=O) groups is 2. The Kier molecular flexibility index (Phi) is 8.69. The Balaban J connectivity index is 1.99. The molecule has 13 heteroatoms. The summed E-state index contributed by atoms with van der Waals surface area (Å²) in [4.78, 5) is 27.5. The van der Waals surface area contributed by atoms with Gasteiger partial charge < -0.3 is 15.0 Å². The van der Waals surface area contributed by atoms with Crippen molar-refractivity contribution in [2.24, 2.45) is 4.36 Å². The molecule has 0 radical (unpaired) electrons. The molecule has 1 aliphatic heterocycles. The van der Waals surface area contributed by atoms with Crippen LogP contribution < -0.4 is 10.2 Å². The highest BCUT2D eigenvalue weighted by atomic mass is 32.2. The molecule has 1 aliphatic rings. The molecule has 2 heterocycles. The topological polar surface area (TPSA) is 114 Å². The molecule has 1 atom stereocenters. The van der Waals surface area contributed by atoms with Crippen molar-refractivity contribution in [3.8, 4) is 0 Å². The number of amides is 2. The van der Waals surface area contributed by atoms with E-state index in [2.05, 4.69) is 19.9 Å². The van der Waals surface area contributed by atoms with E-state index in [1.54, 1.807) is 25.7 Å². The fourth-order valence-electron chi connectivity index (χ4n) is 4.03. The zero-order chi connectivity index (χ0) is 28.3. The fraction of sp³-hybridized carbons (Fsp3) is 0.520. The molecule has 208 valence electrons. The third-order valence-electron chi connectivity index (χ3n) is 5.77. The highest BCUT2D eigenvalue weighted by Gasteiger charge is 2.38. The second kappa shape index (κ2) is 11.3. The lowest BCUT2D eigenvalue weighted by Gasteiger charge is -2.25. The first-order chi connectivity index (χ1) is 17.6. The van der Waals surface area contributed by atoms with Crippen molar-refractivity contribution in [2.45, 2.75) is 70.1 Å². The van der Waals surface area contributed by atoms with Crippen molar-refractivity contribution in [3.05, 3.63) is 41.1 Å². The van der Waals surface area contributed by atoms with E-state index in [4.69, 9.17) is 4.74 Å². The first-order valence-electron chi connectivity index (χ1n) is 12.1. The number of hydrogen-bond donors (Lipinski definition) is 1. The summed E-state index contributed by atoms with van der Waals surface area (Å²) in [6, 6.07) is 5.81. The molecule has 3 rings (SSSR count). The number of nitrogens with one attached hydrogen (secondary N) is 1. The van der Waals surface area contributed by atoms with Gasteiger partial charge in [-0.3, -0.25) is 4.79 Å². The van der Waals surface area contributed by atoms with E-state index in [1.165, 1.54) is 37.4 Å². The average Bonchev–Trinajstić information content (AvgIpc) is 3.06. The van der Waals surface area contributed by atoms with Crippen molar-refractivity contribution in [1.29, 1.82) is 0 Å². The first kappa shape index (κ1) is 29.3. The summed E-state index contributed by atoms with van der Waals surface area (Å²) in [5, 5.41) is 9.84. The molecule has 1 N–H and O–H groups in total. The number of nitrogens with zero attached hydrogens (tertiary/aromatic N) is 4. The van der Waals surface area contributed by atoms with Crippen LogP contribution >= 0.6 is 0 Å². The minimum absolute atomic E-state index is 0.0882. The van der Waals surface area contributed by atoms with Gasteiger partial charge in [-0.25, -0.2) is 9.00 Å². The molecule has 0 unspecified atom stereocenters. The van der Waals surface area contributed by atoms with Gasteiger partial charge in [0.15, 0.2) is 11.5 Å². The van der Waals surface area contributed by atoms with Gasteiger partial charge in [-0.05, 0) is 64.3 Å². The summed E-state index contributed by atoms with van der Waals surface area (Å²) in [5.41, 5.74) is -2.46. The summed E-state index contributed by atoms with van der Waals surface area (Å²) >= 11 is 0. The van der Waals surface area contributed by atoms with Gasteiger partial charge in [-0.1, -0.05) is 18.9 Å². The van der Waals surface area contributed by atoms with Crippen LogP contribution in [0.5, 0.6) is 0 Å². The van der Waals surface area contributed by atoms with Crippen LogP contribution in [0.1, 0.15) is 68.1 Å². The summed E-state index contributed by atoms with van der Waals surface area (Å²) in [6.07, 6.45) is -0.958. The Morgan fingerprint density at radius 3 is 2.29 bits per heavy atom. The number of hydrogen-bond acceptors (Lipinski definition) is 7. The normalized spacial score (nSPS) is 16.3. The molecule has 1 aromatic carbocycles. The first-order valence-corrected chi connectivity index (χ1v) is 14.1. The molecular formula is C25H32F3N5O4S. The quantitative estimate of drug-likeness (QED) is 0.505. The lowest BCUT2D eigenvalue weighted by Crippen LogP contribution is -2.30. The van der Waals surface area contributed by atoms with Crippen LogP contribution in [0.2, 0.25) is 0 Å². The van der Waals surface area contributed by atoms with E-state index in [0.29, 0.717) is 13.1 Å². The van der Waals surface area contributed by atoms with Gasteiger partial charge >= 0.3 is 12.3 Å². The molecule has 38 heavy (non-hydrogen) atoms. The second-order valence-corrected chi connectivity index (χ2v) is 12.4. The van der Waals surface area contributed by atoms with Gasteiger partial charge in [0.1, 0.15) is 5.60 Å². The maximum Gasteiger partial charge on any atom is 0.442 e. The van der Waals surface area contributed by atoms with Crippen LogP contribution in [0.25, 0.3) is 0 Å². The number of halogens is 3. The Morgan fingerprint density at radius 2 is 1.71 bits per heavy atom.